The molecule has 1 aliphatic carbocycles. The average molecular weight is 232 g/mol. The van der Waals surface area contributed by atoms with Crippen molar-refractivity contribution in [2.45, 2.75) is 52.4 Å². The summed E-state index contributed by atoms with van der Waals surface area (Å²) in [5.41, 5.74) is 6.10. The Labute approximate surface area is 105 Å². The van der Waals surface area contributed by atoms with Crippen molar-refractivity contribution in [1.29, 1.82) is 0 Å². The lowest BCUT2D eigenvalue weighted by molar-refractivity contribution is 0.271. The molecule has 0 bridgehead atoms. The molecule has 0 radical (unpaired) electrons. The minimum absolute atomic E-state index is 0.327. The number of aryl methyl sites for hydroxylation is 2. The maximum atomic E-state index is 9.06. The monoisotopic (exact) mass is 232 g/mol. The van der Waals surface area contributed by atoms with E-state index in [0.29, 0.717) is 12.5 Å². The Hall–Kier alpha value is -0.820. The fourth-order valence-electron chi connectivity index (χ4n) is 3.44. The molecule has 0 amide bonds. The van der Waals surface area contributed by atoms with Gasteiger partial charge in [-0.2, -0.15) is 0 Å². The Kier molecular flexibility index (Phi) is 3.88. The van der Waals surface area contributed by atoms with Crippen LogP contribution >= 0.6 is 0 Å². The second-order valence-corrected chi connectivity index (χ2v) is 5.44. The quantitative estimate of drug-likeness (QED) is 0.838. The third-order valence-corrected chi connectivity index (χ3v) is 4.41. The topological polar surface area (TPSA) is 20.2 Å². The molecule has 17 heavy (non-hydrogen) atoms. The minimum Gasteiger partial charge on any atom is -0.396 e. The third-order valence-electron chi connectivity index (χ3n) is 4.41. The Morgan fingerprint density at radius 1 is 1.24 bits per heavy atom. The van der Waals surface area contributed by atoms with Crippen molar-refractivity contribution in [3.8, 4) is 0 Å². The van der Waals surface area contributed by atoms with Crippen LogP contribution in [0.1, 0.15) is 54.4 Å². The average Bonchev–Trinajstić information content (AvgIpc) is 2.71. The Morgan fingerprint density at radius 3 is 2.59 bits per heavy atom. The first-order valence-electron chi connectivity index (χ1n) is 6.88. The van der Waals surface area contributed by atoms with Gasteiger partial charge in [-0.3, -0.25) is 0 Å². The molecule has 0 saturated carbocycles. The van der Waals surface area contributed by atoms with Crippen LogP contribution in [0.5, 0.6) is 0 Å². The van der Waals surface area contributed by atoms with E-state index in [4.69, 9.17) is 5.11 Å². The minimum atomic E-state index is 0.327. The molecule has 0 aliphatic heterocycles. The van der Waals surface area contributed by atoms with Crippen molar-refractivity contribution < 1.29 is 5.11 Å². The molecule has 2 atom stereocenters. The van der Waals surface area contributed by atoms with E-state index in [-0.39, 0.29) is 0 Å². The molecule has 1 aromatic carbocycles. The highest BCUT2D eigenvalue weighted by Gasteiger charge is 2.32. The van der Waals surface area contributed by atoms with E-state index in [0.717, 1.165) is 18.8 Å². The van der Waals surface area contributed by atoms with Crippen LogP contribution in [0.3, 0.4) is 0 Å². The summed E-state index contributed by atoms with van der Waals surface area (Å²) in [6.07, 6.45) is 4.58. The number of hydrogen-bond acceptors (Lipinski definition) is 1. The number of fused-ring (bicyclic) bond motifs is 1. The highest BCUT2D eigenvalue weighted by molar-refractivity contribution is 5.46. The van der Waals surface area contributed by atoms with Crippen molar-refractivity contribution in [3.63, 3.8) is 0 Å². The lowest BCUT2D eigenvalue weighted by Gasteiger charge is -2.20. The first-order chi connectivity index (χ1) is 8.19. The van der Waals surface area contributed by atoms with Gasteiger partial charge < -0.3 is 5.11 Å². The van der Waals surface area contributed by atoms with Gasteiger partial charge in [-0.25, -0.2) is 0 Å². The van der Waals surface area contributed by atoms with Crippen LogP contribution in [0.2, 0.25) is 0 Å². The molecular formula is C16H24O. The van der Waals surface area contributed by atoms with Gasteiger partial charge in [0.1, 0.15) is 0 Å². The van der Waals surface area contributed by atoms with E-state index in [1.807, 2.05) is 0 Å². The van der Waals surface area contributed by atoms with Gasteiger partial charge in [0.05, 0.1) is 0 Å². The molecule has 1 aromatic rings. The van der Waals surface area contributed by atoms with Gasteiger partial charge in [-0.15, -0.1) is 0 Å². The lowest BCUT2D eigenvalue weighted by atomic mass is 9.85. The SMILES string of the molecule is CCC1Cc2c(C)ccc(C)c2C1CCCO. The second kappa shape index (κ2) is 5.22. The molecule has 2 rings (SSSR count). The van der Waals surface area contributed by atoms with Crippen LogP contribution in [0, 0.1) is 19.8 Å². The normalized spacial score (nSPS) is 22.8. The molecular weight excluding hydrogens is 208 g/mol. The molecule has 0 spiro atoms. The molecule has 1 N–H and O–H groups in total. The van der Waals surface area contributed by atoms with Gasteiger partial charge in [0.25, 0.3) is 0 Å². The molecule has 2 unspecified atom stereocenters. The zero-order valence-corrected chi connectivity index (χ0v) is 11.3. The Bertz CT molecular complexity index is 395. The first-order valence-corrected chi connectivity index (χ1v) is 6.88. The van der Waals surface area contributed by atoms with Crippen LogP contribution in [-0.4, -0.2) is 11.7 Å². The van der Waals surface area contributed by atoms with E-state index in [1.54, 1.807) is 11.1 Å². The summed E-state index contributed by atoms with van der Waals surface area (Å²) in [5, 5.41) is 9.06. The third kappa shape index (κ3) is 2.26. The van der Waals surface area contributed by atoms with Crippen molar-refractivity contribution in [1.82, 2.24) is 0 Å². The van der Waals surface area contributed by atoms with E-state index >= 15 is 0 Å². The molecule has 1 nitrogen and oxygen atoms in total. The van der Waals surface area contributed by atoms with E-state index in [2.05, 4.69) is 32.9 Å². The van der Waals surface area contributed by atoms with Crippen molar-refractivity contribution >= 4 is 0 Å². The van der Waals surface area contributed by atoms with Gasteiger partial charge in [0, 0.05) is 6.61 Å². The number of benzene rings is 1. The summed E-state index contributed by atoms with van der Waals surface area (Å²) in [5.74, 6) is 1.47. The lowest BCUT2D eigenvalue weighted by Crippen LogP contribution is -2.08. The molecule has 94 valence electrons. The molecule has 1 heteroatoms. The molecule has 0 fully saturated rings. The van der Waals surface area contributed by atoms with Crippen LogP contribution in [0.4, 0.5) is 0 Å². The van der Waals surface area contributed by atoms with Crippen molar-refractivity contribution in [2.75, 3.05) is 6.61 Å². The number of aliphatic hydroxyl groups excluding tert-OH is 1. The second-order valence-electron chi connectivity index (χ2n) is 5.44. The fraction of sp³-hybridized carbons (Fsp3) is 0.625. The van der Waals surface area contributed by atoms with Crippen LogP contribution < -0.4 is 0 Å². The van der Waals surface area contributed by atoms with Crippen LogP contribution in [0.25, 0.3) is 0 Å². The van der Waals surface area contributed by atoms with Crippen LogP contribution in [0.15, 0.2) is 12.1 Å². The van der Waals surface area contributed by atoms with E-state index < -0.39 is 0 Å². The van der Waals surface area contributed by atoms with Crippen molar-refractivity contribution in [2.24, 2.45) is 5.92 Å². The molecule has 1 aliphatic rings. The Morgan fingerprint density at radius 2 is 1.94 bits per heavy atom. The van der Waals surface area contributed by atoms with Gasteiger partial charge in [0.2, 0.25) is 0 Å². The highest BCUT2D eigenvalue weighted by atomic mass is 16.2. The molecule has 0 saturated heterocycles. The summed E-state index contributed by atoms with van der Waals surface area (Å²) in [7, 11) is 0. The van der Waals surface area contributed by atoms with Gasteiger partial charge in [-0.05, 0) is 67.2 Å². The van der Waals surface area contributed by atoms with Gasteiger partial charge >= 0.3 is 0 Å². The Balaban J connectivity index is 2.36. The largest absolute Gasteiger partial charge is 0.396 e. The molecule has 0 aromatic heterocycles. The fourth-order valence-corrected chi connectivity index (χ4v) is 3.44. The van der Waals surface area contributed by atoms with Gasteiger partial charge in [0.15, 0.2) is 0 Å². The maximum Gasteiger partial charge on any atom is 0.0431 e. The summed E-state index contributed by atoms with van der Waals surface area (Å²) in [6, 6.07) is 4.52. The first kappa shape index (κ1) is 12.6. The summed E-state index contributed by atoms with van der Waals surface area (Å²) < 4.78 is 0. The molecule has 0 heterocycles. The van der Waals surface area contributed by atoms with E-state index in [9.17, 15) is 0 Å². The summed E-state index contributed by atoms with van der Waals surface area (Å²) >= 11 is 0. The predicted molar refractivity (Wildman–Crippen MR) is 72.5 cm³/mol. The standard InChI is InChI=1S/C16H24O/c1-4-13-10-15-11(2)7-8-12(3)16(15)14(13)6-5-9-17/h7-8,13-14,17H,4-6,9-10H2,1-3H3. The smallest absolute Gasteiger partial charge is 0.0431 e. The number of rotatable bonds is 4. The van der Waals surface area contributed by atoms with E-state index in [1.165, 1.54) is 24.0 Å². The zero-order chi connectivity index (χ0) is 12.4. The zero-order valence-electron chi connectivity index (χ0n) is 11.3. The van der Waals surface area contributed by atoms with Crippen LogP contribution in [-0.2, 0) is 6.42 Å². The summed E-state index contributed by atoms with van der Waals surface area (Å²) in [4.78, 5) is 0. The van der Waals surface area contributed by atoms with Crippen molar-refractivity contribution in [3.05, 3.63) is 34.4 Å². The van der Waals surface area contributed by atoms with Gasteiger partial charge in [-0.1, -0.05) is 25.5 Å². The number of hydrogen-bond donors (Lipinski definition) is 1. The summed E-state index contributed by atoms with van der Waals surface area (Å²) in [6.45, 7) is 7.10. The highest BCUT2D eigenvalue weighted by Crippen LogP contribution is 2.45. The maximum absolute atomic E-state index is 9.06. The predicted octanol–water partition coefficient (Wildman–Crippen LogP) is 3.74. The number of aliphatic hydroxyl groups is 1.